The molecule has 2 N–H and O–H groups in total. The van der Waals surface area contributed by atoms with Gasteiger partial charge in [0.05, 0.1) is 6.54 Å². The van der Waals surface area contributed by atoms with Gasteiger partial charge in [-0.3, -0.25) is 0 Å². The monoisotopic (exact) mass is 194 g/mol. The molecule has 0 bridgehead atoms. The molecule has 14 heavy (non-hydrogen) atoms. The fraction of sp³-hybridized carbons (Fsp3) is 0.556. The highest BCUT2D eigenvalue weighted by Crippen LogP contribution is 2.16. The van der Waals surface area contributed by atoms with Crippen molar-refractivity contribution in [3.63, 3.8) is 0 Å². The van der Waals surface area contributed by atoms with E-state index in [0.29, 0.717) is 18.3 Å². The third-order valence-corrected chi connectivity index (χ3v) is 2.27. The summed E-state index contributed by atoms with van der Waals surface area (Å²) in [6.07, 6.45) is 3.20. The maximum atomic E-state index is 5.39. The Balaban J connectivity index is 2.18. The zero-order valence-corrected chi connectivity index (χ0v) is 8.23. The molecule has 76 valence electrons. The number of likely N-dealkylation sites (N-methyl/N-ethyl adjacent to an activating group) is 1. The smallest absolute Gasteiger partial charge is 0.240 e. The maximum absolute atomic E-state index is 5.39. The minimum atomic E-state index is 0.302. The van der Waals surface area contributed by atoms with E-state index in [1.54, 1.807) is 0 Å². The van der Waals surface area contributed by atoms with Gasteiger partial charge in [-0.1, -0.05) is 11.2 Å². The molecule has 0 atom stereocenters. The second-order valence-electron chi connectivity index (χ2n) is 3.47. The highest BCUT2D eigenvalue weighted by molar-refractivity contribution is 5.61. The van der Waals surface area contributed by atoms with Gasteiger partial charge in [0, 0.05) is 18.7 Å². The molecule has 2 heterocycles. The largest absolute Gasteiger partial charge is 0.338 e. The number of hydrogen-bond donors (Lipinski definition) is 1. The maximum Gasteiger partial charge on any atom is 0.240 e. The van der Waals surface area contributed by atoms with Crippen molar-refractivity contribution < 1.29 is 4.52 Å². The number of nitrogens with two attached hydrogens (primary N) is 1. The molecule has 1 aliphatic rings. The molecule has 1 aromatic rings. The van der Waals surface area contributed by atoms with E-state index in [1.165, 1.54) is 0 Å². The van der Waals surface area contributed by atoms with Gasteiger partial charge < -0.3 is 15.2 Å². The van der Waals surface area contributed by atoms with Crippen molar-refractivity contribution in [2.75, 3.05) is 20.1 Å². The van der Waals surface area contributed by atoms with E-state index in [9.17, 15) is 0 Å². The van der Waals surface area contributed by atoms with Crippen LogP contribution in [0.2, 0.25) is 0 Å². The Kier molecular flexibility index (Phi) is 2.60. The predicted molar refractivity (Wildman–Crippen MR) is 52.3 cm³/mol. The van der Waals surface area contributed by atoms with Crippen molar-refractivity contribution in [2.24, 2.45) is 5.73 Å². The minimum absolute atomic E-state index is 0.302. The molecule has 0 amide bonds. The molecular weight excluding hydrogens is 180 g/mol. The van der Waals surface area contributed by atoms with E-state index in [0.717, 1.165) is 25.1 Å². The van der Waals surface area contributed by atoms with Crippen LogP contribution in [-0.2, 0) is 6.54 Å². The van der Waals surface area contributed by atoms with E-state index in [-0.39, 0.29) is 0 Å². The van der Waals surface area contributed by atoms with Gasteiger partial charge >= 0.3 is 0 Å². The highest BCUT2D eigenvalue weighted by Gasteiger charge is 2.15. The van der Waals surface area contributed by atoms with E-state index < -0.39 is 0 Å². The second-order valence-corrected chi connectivity index (χ2v) is 3.47. The zero-order valence-electron chi connectivity index (χ0n) is 8.23. The summed E-state index contributed by atoms with van der Waals surface area (Å²) in [5.41, 5.74) is 6.52. The molecule has 5 heteroatoms. The van der Waals surface area contributed by atoms with Gasteiger partial charge in [-0.05, 0) is 13.5 Å². The average molecular weight is 194 g/mol. The third-order valence-electron chi connectivity index (χ3n) is 2.27. The van der Waals surface area contributed by atoms with Crippen LogP contribution in [0, 0.1) is 0 Å². The molecule has 0 aromatic carbocycles. The Hall–Kier alpha value is -1.20. The van der Waals surface area contributed by atoms with E-state index in [2.05, 4.69) is 28.2 Å². The quantitative estimate of drug-likeness (QED) is 0.730. The van der Waals surface area contributed by atoms with Gasteiger partial charge in [-0.15, -0.1) is 0 Å². The fourth-order valence-corrected chi connectivity index (χ4v) is 1.52. The Bertz CT molecular complexity index is 344. The number of rotatable bonds is 2. The average Bonchev–Trinajstić information content (AvgIpc) is 2.66. The summed E-state index contributed by atoms with van der Waals surface area (Å²) in [7, 11) is 2.08. The molecule has 2 rings (SSSR count). The van der Waals surface area contributed by atoms with Gasteiger partial charge in [0.15, 0.2) is 5.82 Å². The van der Waals surface area contributed by atoms with Crippen molar-refractivity contribution in [1.82, 2.24) is 15.0 Å². The molecule has 0 saturated carbocycles. The van der Waals surface area contributed by atoms with Crippen molar-refractivity contribution in [2.45, 2.75) is 13.0 Å². The summed E-state index contributed by atoms with van der Waals surface area (Å²) in [4.78, 5) is 6.42. The molecule has 0 saturated heterocycles. The topological polar surface area (TPSA) is 68.2 Å². The summed E-state index contributed by atoms with van der Waals surface area (Å²) in [5.74, 6) is 1.17. The molecule has 0 radical (unpaired) electrons. The lowest BCUT2D eigenvalue weighted by molar-refractivity contribution is 0.365. The van der Waals surface area contributed by atoms with E-state index in [4.69, 9.17) is 10.3 Å². The zero-order chi connectivity index (χ0) is 9.97. The van der Waals surface area contributed by atoms with Crippen LogP contribution < -0.4 is 5.73 Å². The van der Waals surface area contributed by atoms with Crippen LogP contribution in [0.5, 0.6) is 0 Å². The van der Waals surface area contributed by atoms with Crippen molar-refractivity contribution in [3.8, 4) is 0 Å². The van der Waals surface area contributed by atoms with Crippen molar-refractivity contribution in [1.29, 1.82) is 0 Å². The van der Waals surface area contributed by atoms with Gasteiger partial charge in [-0.2, -0.15) is 4.98 Å². The summed E-state index contributed by atoms with van der Waals surface area (Å²) in [5, 5.41) is 3.88. The number of nitrogens with zero attached hydrogens (tertiary/aromatic N) is 3. The van der Waals surface area contributed by atoms with Gasteiger partial charge in [0.25, 0.3) is 0 Å². The van der Waals surface area contributed by atoms with Gasteiger partial charge in [0.1, 0.15) is 0 Å². The van der Waals surface area contributed by atoms with Crippen LogP contribution in [0.4, 0.5) is 0 Å². The summed E-state index contributed by atoms with van der Waals surface area (Å²) in [6.45, 7) is 2.27. The molecular formula is C9H14N4O. The Labute approximate surface area is 82.6 Å². The van der Waals surface area contributed by atoms with Crippen LogP contribution in [-0.4, -0.2) is 35.2 Å². The van der Waals surface area contributed by atoms with Crippen molar-refractivity contribution >= 4 is 5.57 Å². The molecule has 0 aliphatic carbocycles. The Morgan fingerprint density at radius 3 is 3.14 bits per heavy atom. The van der Waals surface area contributed by atoms with E-state index >= 15 is 0 Å². The first kappa shape index (κ1) is 9.36. The Morgan fingerprint density at radius 2 is 2.50 bits per heavy atom. The normalized spacial score (nSPS) is 18.3. The summed E-state index contributed by atoms with van der Waals surface area (Å²) in [6, 6.07) is 0. The van der Waals surface area contributed by atoms with E-state index in [1.807, 2.05) is 0 Å². The summed E-state index contributed by atoms with van der Waals surface area (Å²) >= 11 is 0. The third kappa shape index (κ3) is 1.83. The van der Waals surface area contributed by atoms with Crippen LogP contribution in [0.3, 0.4) is 0 Å². The van der Waals surface area contributed by atoms with Gasteiger partial charge in [-0.25, -0.2) is 0 Å². The lowest BCUT2D eigenvalue weighted by Gasteiger charge is -2.20. The number of hydrogen-bond acceptors (Lipinski definition) is 5. The first-order valence-electron chi connectivity index (χ1n) is 4.70. The van der Waals surface area contributed by atoms with Crippen LogP contribution in [0.25, 0.3) is 5.57 Å². The number of aromatic nitrogens is 2. The fourth-order valence-electron chi connectivity index (χ4n) is 1.52. The predicted octanol–water partition coefficient (Wildman–Crippen LogP) is 0.247. The first-order chi connectivity index (χ1) is 6.79. The van der Waals surface area contributed by atoms with Crippen molar-refractivity contribution in [3.05, 3.63) is 17.8 Å². The molecule has 1 aliphatic heterocycles. The molecule has 0 fully saturated rings. The summed E-state index contributed by atoms with van der Waals surface area (Å²) < 4.78 is 4.96. The first-order valence-corrected chi connectivity index (χ1v) is 4.70. The second kappa shape index (κ2) is 3.89. The lowest BCUT2D eigenvalue weighted by atomic mass is 10.1. The highest BCUT2D eigenvalue weighted by atomic mass is 16.5. The van der Waals surface area contributed by atoms with Crippen LogP contribution in [0.15, 0.2) is 10.6 Å². The Morgan fingerprint density at radius 1 is 1.64 bits per heavy atom. The molecule has 1 aromatic heterocycles. The molecule has 5 nitrogen and oxygen atoms in total. The lowest BCUT2D eigenvalue weighted by Crippen LogP contribution is -2.25. The SMILES string of the molecule is CN1CCC=C(c2noc(CN)n2)C1. The van der Waals surface area contributed by atoms with Crippen LogP contribution >= 0.6 is 0 Å². The van der Waals surface area contributed by atoms with Crippen LogP contribution in [0.1, 0.15) is 18.1 Å². The standard InChI is InChI=1S/C9H14N4O/c1-13-4-2-3-7(6-13)9-11-8(5-10)14-12-9/h3H,2,4-6,10H2,1H3. The van der Waals surface area contributed by atoms with Gasteiger partial charge in [0.2, 0.25) is 5.89 Å². The minimum Gasteiger partial charge on any atom is -0.338 e. The molecule has 0 spiro atoms. The molecule has 0 unspecified atom stereocenters.